The Morgan fingerprint density at radius 1 is 1.67 bits per heavy atom. The van der Waals surface area contributed by atoms with E-state index in [-0.39, 0.29) is 0 Å². The maximum atomic E-state index is 3.39. The number of likely N-dealkylation sites (N-methyl/N-ethyl adjacent to an activating group) is 1. The first-order valence-electron chi connectivity index (χ1n) is 4.86. The third-order valence-electron chi connectivity index (χ3n) is 2.64. The molecule has 0 radical (unpaired) electrons. The summed E-state index contributed by atoms with van der Waals surface area (Å²) in [5.41, 5.74) is 0. The van der Waals surface area contributed by atoms with Crippen LogP contribution in [0.1, 0.15) is 13.8 Å². The Morgan fingerprint density at radius 3 is 3.00 bits per heavy atom. The molecule has 72 valence electrons. The van der Waals surface area contributed by atoms with Crippen molar-refractivity contribution in [3.63, 3.8) is 0 Å². The number of rotatable bonds is 3. The van der Waals surface area contributed by atoms with Gasteiger partial charge in [0.05, 0.1) is 0 Å². The number of nitrogens with zero attached hydrogens (tertiary/aromatic N) is 1. The zero-order chi connectivity index (χ0) is 8.97. The fourth-order valence-corrected chi connectivity index (χ4v) is 1.60. The second-order valence-electron chi connectivity index (χ2n) is 3.74. The summed E-state index contributed by atoms with van der Waals surface area (Å²) < 4.78 is 0. The maximum Gasteiger partial charge on any atom is 0.0193 e. The molecule has 0 aromatic carbocycles. The summed E-state index contributed by atoms with van der Waals surface area (Å²) in [5, 5.41) is 6.66. The van der Waals surface area contributed by atoms with Gasteiger partial charge in [-0.25, -0.2) is 0 Å². The highest BCUT2D eigenvalue weighted by atomic mass is 15.2. The van der Waals surface area contributed by atoms with Gasteiger partial charge in [0.15, 0.2) is 0 Å². The van der Waals surface area contributed by atoms with Crippen molar-refractivity contribution in [1.29, 1.82) is 0 Å². The van der Waals surface area contributed by atoms with E-state index >= 15 is 0 Å². The molecule has 1 aliphatic rings. The largest absolute Gasteiger partial charge is 0.316 e. The molecule has 0 aromatic rings. The molecule has 0 amide bonds. The normalized spacial score (nSPS) is 28.8. The van der Waals surface area contributed by atoms with Crippen molar-refractivity contribution in [2.24, 2.45) is 0 Å². The summed E-state index contributed by atoms with van der Waals surface area (Å²) in [6, 6.07) is 1.29. The molecule has 1 rings (SSSR count). The number of piperazine rings is 1. The average Bonchev–Trinajstić information content (AvgIpc) is 2.09. The molecule has 1 saturated heterocycles. The van der Waals surface area contributed by atoms with Gasteiger partial charge >= 0.3 is 0 Å². The van der Waals surface area contributed by atoms with Crippen LogP contribution in [-0.4, -0.2) is 50.2 Å². The summed E-state index contributed by atoms with van der Waals surface area (Å²) >= 11 is 0. The Labute approximate surface area is 75.5 Å². The highest BCUT2D eigenvalue weighted by molar-refractivity contribution is 4.78. The summed E-state index contributed by atoms with van der Waals surface area (Å²) in [4.78, 5) is 2.54. The zero-order valence-electron chi connectivity index (χ0n) is 8.43. The van der Waals surface area contributed by atoms with Crippen LogP contribution in [0.5, 0.6) is 0 Å². The van der Waals surface area contributed by atoms with Crippen molar-refractivity contribution >= 4 is 0 Å². The van der Waals surface area contributed by atoms with E-state index in [1.807, 2.05) is 7.05 Å². The monoisotopic (exact) mass is 171 g/mol. The minimum absolute atomic E-state index is 0.602. The van der Waals surface area contributed by atoms with Crippen LogP contribution < -0.4 is 10.6 Å². The number of hydrogen-bond donors (Lipinski definition) is 2. The second kappa shape index (κ2) is 4.80. The second-order valence-corrected chi connectivity index (χ2v) is 3.74. The van der Waals surface area contributed by atoms with Crippen LogP contribution in [0.15, 0.2) is 0 Å². The van der Waals surface area contributed by atoms with Crippen LogP contribution in [-0.2, 0) is 0 Å². The van der Waals surface area contributed by atoms with Gasteiger partial charge in [0.25, 0.3) is 0 Å². The van der Waals surface area contributed by atoms with Gasteiger partial charge in [0, 0.05) is 38.3 Å². The summed E-state index contributed by atoms with van der Waals surface area (Å²) in [6.45, 7) is 9.15. The lowest BCUT2D eigenvalue weighted by atomic mass is 10.2. The van der Waals surface area contributed by atoms with Crippen molar-refractivity contribution < 1.29 is 0 Å². The molecule has 1 aliphatic heterocycles. The van der Waals surface area contributed by atoms with Crippen LogP contribution in [0.3, 0.4) is 0 Å². The fourth-order valence-electron chi connectivity index (χ4n) is 1.60. The van der Waals surface area contributed by atoms with Crippen LogP contribution in [0, 0.1) is 0 Å². The molecule has 12 heavy (non-hydrogen) atoms. The van der Waals surface area contributed by atoms with Crippen molar-refractivity contribution in [1.82, 2.24) is 15.5 Å². The lowest BCUT2D eigenvalue weighted by Gasteiger charge is -2.35. The third-order valence-corrected chi connectivity index (χ3v) is 2.64. The molecule has 0 bridgehead atoms. The minimum atomic E-state index is 0.602. The first-order chi connectivity index (χ1) is 5.74. The van der Waals surface area contributed by atoms with Gasteiger partial charge in [-0.05, 0) is 20.9 Å². The predicted molar refractivity (Wildman–Crippen MR) is 52.4 cm³/mol. The summed E-state index contributed by atoms with van der Waals surface area (Å²) in [6.07, 6.45) is 0. The molecule has 0 aliphatic carbocycles. The highest BCUT2D eigenvalue weighted by Crippen LogP contribution is 2.02. The fraction of sp³-hybridized carbons (Fsp3) is 1.00. The quantitative estimate of drug-likeness (QED) is 0.620. The lowest BCUT2D eigenvalue weighted by Crippen LogP contribution is -2.53. The average molecular weight is 171 g/mol. The van der Waals surface area contributed by atoms with Gasteiger partial charge in [0.1, 0.15) is 0 Å². The van der Waals surface area contributed by atoms with E-state index in [4.69, 9.17) is 0 Å². The van der Waals surface area contributed by atoms with Crippen LogP contribution >= 0.6 is 0 Å². The van der Waals surface area contributed by atoms with Gasteiger partial charge in [0.2, 0.25) is 0 Å². The Morgan fingerprint density at radius 2 is 2.42 bits per heavy atom. The van der Waals surface area contributed by atoms with Crippen LogP contribution in [0.25, 0.3) is 0 Å². The molecule has 2 N–H and O–H groups in total. The van der Waals surface area contributed by atoms with E-state index in [0.717, 1.165) is 13.1 Å². The summed E-state index contributed by atoms with van der Waals surface area (Å²) in [7, 11) is 2.03. The van der Waals surface area contributed by atoms with E-state index in [0.29, 0.717) is 12.1 Å². The molecule has 2 atom stereocenters. The third kappa shape index (κ3) is 2.73. The minimum Gasteiger partial charge on any atom is -0.316 e. The van der Waals surface area contributed by atoms with Crippen LogP contribution in [0.4, 0.5) is 0 Å². The van der Waals surface area contributed by atoms with Gasteiger partial charge < -0.3 is 10.6 Å². The van der Waals surface area contributed by atoms with Gasteiger partial charge in [-0.1, -0.05) is 0 Å². The van der Waals surface area contributed by atoms with Crippen molar-refractivity contribution in [2.45, 2.75) is 25.9 Å². The molecular weight excluding hydrogens is 150 g/mol. The molecule has 3 heteroatoms. The molecule has 0 aromatic heterocycles. The van der Waals surface area contributed by atoms with E-state index in [9.17, 15) is 0 Å². The van der Waals surface area contributed by atoms with Crippen molar-refractivity contribution in [3.05, 3.63) is 0 Å². The highest BCUT2D eigenvalue weighted by Gasteiger charge is 2.18. The molecule has 0 spiro atoms. The van der Waals surface area contributed by atoms with Gasteiger partial charge in [-0.2, -0.15) is 0 Å². The topological polar surface area (TPSA) is 27.3 Å². The molecular formula is C9H21N3. The van der Waals surface area contributed by atoms with E-state index in [2.05, 4.69) is 29.4 Å². The lowest BCUT2D eigenvalue weighted by molar-refractivity contribution is 0.161. The van der Waals surface area contributed by atoms with Crippen molar-refractivity contribution in [3.8, 4) is 0 Å². The smallest absolute Gasteiger partial charge is 0.0193 e. The summed E-state index contributed by atoms with van der Waals surface area (Å²) in [5.74, 6) is 0. The van der Waals surface area contributed by atoms with Crippen molar-refractivity contribution in [2.75, 3.05) is 33.2 Å². The zero-order valence-corrected chi connectivity index (χ0v) is 8.43. The molecule has 0 saturated carbocycles. The predicted octanol–water partition coefficient (Wildman–Crippen LogP) is -0.112. The number of hydrogen-bond acceptors (Lipinski definition) is 3. The van der Waals surface area contributed by atoms with E-state index < -0.39 is 0 Å². The molecule has 3 nitrogen and oxygen atoms in total. The Kier molecular flexibility index (Phi) is 3.98. The van der Waals surface area contributed by atoms with Gasteiger partial charge in [-0.3, -0.25) is 4.90 Å². The SMILES string of the molecule is CNC(C)CN1CCNCC1C. The Bertz CT molecular complexity index is 127. The van der Waals surface area contributed by atoms with Gasteiger partial charge in [-0.15, -0.1) is 0 Å². The molecule has 1 heterocycles. The number of nitrogens with one attached hydrogen (secondary N) is 2. The van der Waals surface area contributed by atoms with Crippen LogP contribution in [0.2, 0.25) is 0 Å². The molecule has 2 unspecified atom stereocenters. The standard InChI is InChI=1S/C9H21N3/c1-8(10-3)7-12-5-4-11-6-9(12)2/h8-11H,4-7H2,1-3H3. The maximum absolute atomic E-state index is 3.39. The van der Waals surface area contributed by atoms with E-state index in [1.165, 1.54) is 13.1 Å². The van der Waals surface area contributed by atoms with E-state index in [1.54, 1.807) is 0 Å². The first-order valence-corrected chi connectivity index (χ1v) is 4.86. The Hall–Kier alpha value is -0.120. The molecule has 1 fully saturated rings. The Balaban J connectivity index is 2.28. The first kappa shape index (κ1) is 9.96.